The van der Waals surface area contributed by atoms with E-state index in [1.165, 1.54) is 6.92 Å². The highest BCUT2D eigenvalue weighted by Crippen LogP contribution is 2.31. The molecule has 0 fully saturated rings. The predicted molar refractivity (Wildman–Crippen MR) is 107 cm³/mol. The summed E-state index contributed by atoms with van der Waals surface area (Å²) in [5, 5.41) is 0.850. The van der Waals surface area contributed by atoms with Gasteiger partial charge in [0.15, 0.2) is 0 Å². The van der Waals surface area contributed by atoms with Crippen LogP contribution >= 0.6 is 0 Å². The average molecular weight is 418 g/mol. The Morgan fingerprint density at radius 1 is 1.10 bits per heavy atom. The van der Waals surface area contributed by atoms with Crippen molar-refractivity contribution in [2.24, 2.45) is 5.92 Å². The van der Waals surface area contributed by atoms with Crippen molar-refractivity contribution in [1.29, 1.82) is 0 Å². The Morgan fingerprint density at radius 2 is 1.83 bits per heavy atom. The minimum absolute atomic E-state index is 0.124. The largest absolute Gasteiger partial charge is 0.493 e. The Labute approximate surface area is 171 Å². The van der Waals surface area contributed by atoms with Crippen molar-refractivity contribution < 1.29 is 31.9 Å². The van der Waals surface area contributed by atoms with Crippen LogP contribution in [0.25, 0.3) is 22.3 Å². The molecular formula is C23H21F3O4. The second-order valence-electron chi connectivity index (χ2n) is 7.05. The number of halogens is 3. The van der Waals surface area contributed by atoms with E-state index in [2.05, 4.69) is 6.58 Å². The first-order valence-corrected chi connectivity index (χ1v) is 9.32. The smallest absolute Gasteiger partial charge is 0.389 e. The molecule has 1 atom stereocenters. The van der Waals surface area contributed by atoms with Crippen LogP contribution in [-0.2, 0) is 9.53 Å². The fourth-order valence-corrected chi connectivity index (χ4v) is 2.87. The molecule has 0 aliphatic rings. The van der Waals surface area contributed by atoms with E-state index in [4.69, 9.17) is 13.9 Å². The van der Waals surface area contributed by atoms with Gasteiger partial charge in [-0.2, -0.15) is 13.2 Å². The maximum Gasteiger partial charge on any atom is 0.389 e. The number of ether oxygens (including phenoxy) is 2. The van der Waals surface area contributed by atoms with Gasteiger partial charge in [0.2, 0.25) is 0 Å². The third-order valence-electron chi connectivity index (χ3n) is 4.35. The van der Waals surface area contributed by atoms with Gasteiger partial charge in [-0.15, -0.1) is 0 Å². The standard InChI is InChI=1S/C23H21F3O4/c1-15(2)22(27)29-14-16(12-23(24,25)26)13-28-19-9-8-18-10-20(30-21(18)11-19)17-6-4-3-5-7-17/h3-11,16H,1,12-14H2,2H3. The normalized spacial score (nSPS) is 12.5. The Bertz CT molecular complexity index is 1020. The number of rotatable bonds is 8. The fourth-order valence-electron chi connectivity index (χ4n) is 2.87. The molecule has 3 rings (SSSR count). The molecule has 0 saturated heterocycles. The first kappa shape index (κ1) is 21.5. The first-order chi connectivity index (χ1) is 14.2. The quantitative estimate of drug-likeness (QED) is 0.324. The molecule has 7 heteroatoms. The summed E-state index contributed by atoms with van der Waals surface area (Å²) in [6, 6.07) is 16.5. The van der Waals surface area contributed by atoms with E-state index in [0.29, 0.717) is 17.1 Å². The van der Waals surface area contributed by atoms with Crippen LogP contribution in [0.4, 0.5) is 13.2 Å². The molecule has 4 nitrogen and oxygen atoms in total. The summed E-state index contributed by atoms with van der Waals surface area (Å²) >= 11 is 0. The monoisotopic (exact) mass is 418 g/mol. The second kappa shape index (κ2) is 9.07. The molecule has 158 valence electrons. The zero-order chi connectivity index (χ0) is 21.7. The van der Waals surface area contributed by atoms with E-state index >= 15 is 0 Å². The molecule has 1 unspecified atom stereocenters. The lowest BCUT2D eigenvalue weighted by Crippen LogP contribution is -2.26. The molecule has 0 spiro atoms. The van der Waals surface area contributed by atoms with Gasteiger partial charge in [0.25, 0.3) is 0 Å². The number of benzene rings is 2. The van der Waals surface area contributed by atoms with Gasteiger partial charge in [-0.25, -0.2) is 4.79 Å². The van der Waals surface area contributed by atoms with Crippen molar-refractivity contribution in [2.75, 3.05) is 13.2 Å². The minimum atomic E-state index is -4.40. The summed E-state index contributed by atoms with van der Waals surface area (Å²) < 4.78 is 54.9. The Balaban J connectivity index is 1.69. The highest BCUT2D eigenvalue weighted by atomic mass is 19.4. The maximum absolute atomic E-state index is 12.9. The van der Waals surface area contributed by atoms with Gasteiger partial charge in [-0.3, -0.25) is 0 Å². The number of carbonyl (C=O) groups excluding carboxylic acids is 1. The number of esters is 1. The van der Waals surface area contributed by atoms with Crippen molar-refractivity contribution in [3.05, 3.63) is 66.7 Å². The van der Waals surface area contributed by atoms with Gasteiger partial charge in [-0.1, -0.05) is 36.9 Å². The Morgan fingerprint density at radius 3 is 2.50 bits per heavy atom. The molecule has 0 N–H and O–H groups in total. The molecule has 0 amide bonds. The fraction of sp³-hybridized carbons (Fsp3) is 0.261. The zero-order valence-electron chi connectivity index (χ0n) is 16.4. The van der Waals surface area contributed by atoms with Crippen LogP contribution in [0.2, 0.25) is 0 Å². The van der Waals surface area contributed by atoms with Crippen LogP contribution in [0.15, 0.2) is 71.2 Å². The van der Waals surface area contributed by atoms with E-state index in [0.717, 1.165) is 10.9 Å². The summed E-state index contributed by atoms with van der Waals surface area (Å²) in [6.45, 7) is 4.17. The highest BCUT2D eigenvalue weighted by Gasteiger charge is 2.33. The number of furan rings is 1. The van der Waals surface area contributed by atoms with E-state index in [-0.39, 0.29) is 12.2 Å². The third kappa shape index (κ3) is 5.89. The minimum Gasteiger partial charge on any atom is -0.493 e. The van der Waals surface area contributed by atoms with E-state index in [9.17, 15) is 18.0 Å². The van der Waals surface area contributed by atoms with Crippen LogP contribution in [0.3, 0.4) is 0 Å². The summed E-state index contributed by atoms with van der Waals surface area (Å²) in [4.78, 5) is 11.5. The van der Waals surface area contributed by atoms with Crippen LogP contribution < -0.4 is 4.74 Å². The molecule has 0 bridgehead atoms. The maximum atomic E-state index is 12.9. The molecule has 30 heavy (non-hydrogen) atoms. The zero-order valence-corrected chi connectivity index (χ0v) is 16.4. The number of fused-ring (bicyclic) bond motifs is 1. The van der Waals surface area contributed by atoms with E-state index in [1.807, 2.05) is 36.4 Å². The predicted octanol–water partition coefficient (Wildman–Crippen LogP) is 6.17. The van der Waals surface area contributed by atoms with Crippen molar-refractivity contribution >= 4 is 16.9 Å². The van der Waals surface area contributed by atoms with Crippen molar-refractivity contribution in [1.82, 2.24) is 0 Å². The lowest BCUT2D eigenvalue weighted by Gasteiger charge is -2.19. The van der Waals surface area contributed by atoms with Crippen LogP contribution in [-0.4, -0.2) is 25.4 Å². The Hall–Kier alpha value is -3.22. The lowest BCUT2D eigenvalue weighted by atomic mass is 10.1. The molecule has 1 aromatic heterocycles. The molecule has 1 heterocycles. The number of hydrogen-bond donors (Lipinski definition) is 0. The van der Waals surface area contributed by atoms with E-state index < -0.39 is 31.1 Å². The van der Waals surface area contributed by atoms with Crippen molar-refractivity contribution in [3.8, 4) is 17.1 Å². The molecular weight excluding hydrogens is 397 g/mol. The summed E-state index contributed by atoms with van der Waals surface area (Å²) in [5.74, 6) is -0.715. The van der Waals surface area contributed by atoms with Gasteiger partial charge in [-0.05, 0) is 25.1 Å². The van der Waals surface area contributed by atoms with Crippen LogP contribution in [0.1, 0.15) is 13.3 Å². The highest BCUT2D eigenvalue weighted by molar-refractivity contribution is 5.87. The first-order valence-electron chi connectivity index (χ1n) is 9.32. The molecule has 0 radical (unpaired) electrons. The molecule has 2 aromatic carbocycles. The molecule has 0 aliphatic carbocycles. The van der Waals surface area contributed by atoms with Gasteiger partial charge in [0.1, 0.15) is 17.1 Å². The summed E-state index contributed by atoms with van der Waals surface area (Å²) in [5.41, 5.74) is 1.60. The van der Waals surface area contributed by atoms with E-state index in [1.54, 1.807) is 18.2 Å². The van der Waals surface area contributed by atoms with Crippen LogP contribution in [0.5, 0.6) is 5.75 Å². The molecule has 0 saturated carbocycles. The van der Waals surface area contributed by atoms with Gasteiger partial charge in [0.05, 0.1) is 19.6 Å². The summed E-state index contributed by atoms with van der Waals surface area (Å²) in [7, 11) is 0. The van der Waals surface area contributed by atoms with Gasteiger partial charge in [0, 0.05) is 28.5 Å². The number of alkyl halides is 3. The topological polar surface area (TPSA) is 48.7 Å². The SMILES string of the molecule is C=C(C)C(=O)OCC(COc1ccc2cc(-c3ccccc3)oc2c1)CC(F)(F)F. The summed E-state index contributed by atoms with van der Waals surface area (Å²) in [6.07, 6.45) is -5.53. The average Bonchev–Trinajstić information content (AvgIpc) is 3.12. The lowest BCUT2D eigenvalue weighted by molar-refractivity contribution is -0.158. The van der Waals surface area contributed by atoms with Crippen LogP contribution in [0, 0.1) is 5.92 Å². The van der Waals surface area contributed by atoms with Crippen molar-refractivity contribution in [2.45, 2.75) is 19.5 Å². The number of carbonyl (C=O) groups is 1. The number of hydrogen-bond acceptors (Lipinski definition) is 4. The molecule has 0 aliphatic heterocycles. The van der Waals surface area contributed by atoms with Gasteiger partial charge < -0.3 is 13.9 Å². The molecule has 3 aromatic rings. The van der Waals surface area contributed by atoms with Crippen molar-refractivity contribution in [3.63, 3.8) is 0 Å². The van der Waals surface area contributed by atoms with Gasteiger partial charge >= 0.3 is 12.1 Å². The second-order valence-corrected chi connectivity index (χ2v) is 7.05. The Kier molecular flexibility index (Phi) is 6.50. The third-order valence-corrected chi connectivity index (χ3v) is 4.35.